The second-order valence-electron chi connectivity index (χ2n) is 5.88. The van der Waals surface area contributed by atoms with Crippen molar-refractivity contribution in [2.45, 2.75) is 32.5 Å². The molecule has 0 spiro atoms. The maximum Gasteiger partial charge on any atom is 0.304 e. The molecule has 3 heteroatoms. The first-order chi connectivity index (χ1) is 11.2. The summed E-state index contributed by atoms with van der Waals surface area (Å²) in [6.07, 6.45) is 3.60. The molecule has 0 N–H and O–H groups in total. The van der Waals surface area contributed by atoms with E-state index in [0.717, 1.165) is 19.4 Å². The lowest BCUT2D eigenvalue weighted by atomic mass is 10.0. The molecule has 0 aromatic heterocycles. The van der Waals surface area contributed by atoms with Crippen LogP contribution in [0.2, 0.25) is 0 Å². The van der Waals surface area contributed by atoms with Gasteiger partial charge in [0.05, 0.1) is 0 Å². The van der Waals surface area contributed by atoms with Crippen molar-refractivity contribution < 1.29 is 9.53 Å². The van der Waals surface area contributed by atoms with Gasteiger partial charge < -0.3 is 9.64 Å². The van der Waals surface area contributed by atoms with Crippen molar-refractivity contribution in [3.05, 3.63) is 83.6 Å². The number of carbonyl (C=O) groups is 1. The van der Waals surface area contributed by atoms with Crippen LogP contribution in [0.4, 0.5) is 0 Å². The number of carbonyl (C=O) groups excluding carboxylic acids is 1. The van der Waals surface area contributed by atoms with Crippen molar-refractivity contribution in [2.24, 2.45) is 0 Å². The zero-order valence-electron chi connectivity index (χ0n) is 13.3. The van der Waals surface area contributed by atoms with Crippen LogP contribution < -0.4 is 0 Å². The molecule has 118 valence electrons. The number of rotatable bonds is 5. The highest BCUT2D eigenvalue weighted by Gasteiger charge is 2.27. The number of ether oxygens (including phenoxy) is 1. The minimum atomic E-state index is -0.234. The van der Waals surface area contributed by atoms with Crippen LogP contribution in [0, 0.1) is 0 Å². The Bertz CT molecular complexity index is 679. The minimum absolute atomic E-state index is 0.202. The van der Waals surface area contributed by atoms with Gasteiger partial charge in [0.25, 0.3) is 0 Å². The number of nitrogens with zero attached hydrogens (tertiary/aromatic N) is 1. The molecule has 0 saturated carbocycles. The molecule has 3 nitrogen and oxygen atoms in total. The van der Waals surface area contributed by atoms with Crippen LogP contribution in [0.1, 0.15) is 24.5 Å². The molecule has 2 aromatic carbocycles. The first kappa shape index (κ1) is 15.3. The van der Waals surface area contributed by atoms with Gasteiger partial charge in [-0.15, -0.1) is 0 Å². The summed E-state index contributed by atoms with van der Waals surface area (Å²) in [6.45, 7) is 2.22. The lowest BCUT2D eigenvalue weighted by Gasteiger charge is -2.24. The number of benzene rings is 2. The van der Waals surface area contributed by atoms with Crippen LogP contribution in [-0.2, 0) is 22.5 Å². The fourth-order valence-corrected chi connectivity index (χ4v) is 2.93. The standard InChI is InChI=1S/C20H21NO2/c1-16(22)23-20-13-19(12-17-8-4-2-5-9-17)15-21(20)14-18-10-6-3-7-11-18/h2-11,15,20H,12-14H2,1H3. The molecule has 0 radical (unpaired) electrons. The molecule has 0 fully saturated rings. The fraction of sp³-hybridized carbons (Fsp3) is 0.250. The van der Waals surface area contributed by atoms with Crippen LogP contribution in [0.3, 0.4) is 0 Å². The predicted molar refractivity (Wildman–Crippen MR) is 90.4 cm³/mol. The predicted octanol–water partition coefficient (Wildman–Crippen LogP) is 3.91. The van der Waals surface area contributed by atoms with E-state index in [4.69, 9.17) is 4.74 Å². The average Bonchev–Trinajstić information content (AvgIpc) is 2.90. The topological polar surface area (TPSA) is 29.5 Å². The third-order valence-corrected chi connectivity index (χ3v) is 3.94. The number of esters is 1. The summed E-state index contributed by atoms with van der Waals surface area (Å²) in [7, 11) is 0. The summed E-state index contributed by atoms with van der Waals surface area (Å²) >= 11 is 0. The summed E-state index contributed by atoms with van der Waals surface area (Å²) in [6, 6.07) is 20.6. The van der Waals surface area contributed by atoms with E-state index in [1.807, 2.05) is 24.3 Å². The van der Waals surface area contributed by atoms with E-state index >= 15 is 0 Å². The van der Waals surface area contributed by atoms with E-state index in [2.05, 4.69) is 47.5 Å². The Labute approximate surface area is 137 Å². The molecule has 0 aliphatic carbocycles. The van der Waals surface area contributed by atoms with E-state index in [9.17, 15) is 4.79 Å². The largest absolute Gasteiger partial charge is 0.441 e. The Morgan fingerprint density at radius 3 is 2.26 bits per heavy atom. The van der Waals surface area contributed by atoms with Gasteiger partial charge in [0.2, 0.25) is 0 Å². The maximum absolute atomic E-state index is 11.4. The Balaban J connectivity index is 1.73. The summed E-state index contributed by atoms with van der Waals surface area (Å²) in [4.78, 5) is 13.5. The van der Waals surface area contributed by atoms with Crippen molar-refractivity contribution >= 4 is 5.97 Å². The summed E-state index contributed by atoms with van der Waals surface area (Å²) < 4.78 is 5.50. The van der Waals surface area contributed by atoms with Gasteiger partial charge in [-0.05, 0) is 23.1 Å². The third kappa shape index (κ3) is 4.22. The Kier molecular flexibility index (Phi) is 4.77. The molecule has 1 aliphatic heterocycles. The Hall–Kier alpha value is -2.55. The number of hydrogen-bond donors (Lipinski definition) is 0. The minimum Gasteiger partial charge on any atom is -0.441 e. The molecule has 1 unspecified atom stereocenters. The van der Waals surface area contributed by atoms with Crippen molar-refractivity contribution in [3.8, 4) is 0 Å². The molecular weight excluding hydrogens is 286 g/mol. The quantitative estimate of drug-likeness (QED) is 0.784. The van der Waals surface area contributed by atoms with Crippen LogP contribution in [0.25, 0.3) is 0 Å². The summed E-state index contributed by atoms with van der Waals surface area (Å²) in [5, 5.41) is 0. The van der Waals surface area contributed by atoms with Gasteiger partial charge in [-0.25, -0.2) is 0 Å². The molecule has 1 atom stereocenters. The molecule has 0 amide bonds. The normalized spacial score (nSPS) is 17.0. The van der Waals surface area contributed by atoms with Gasteiger partial charge in [-0.3, -0.25) is 4.79 Å². The van der Waals surface area contributed by atoms with E-state index < -0.39 is 0 Å². The van der Waals surface area contributed by atoms with E-state index in [0.29, 0.717) is 0 Å². The van der Waals surface area contributed by atoms with Crippen LogP contribution >= 0.6 is 0 Å². The zero-order valence-corrected chi connectivity index (χ0v) is 13.3. The van der Waals surface area contributed by atoms with E-state index in [-0.39, 0.29) is 12.2 Å². The maximum atomic E-state index is 11.4. The first-order valence-corrected chi connectivity index (χ1v) is 7.91. The lowest BCUT2D eigenvalue weighted by Crippen LogP contribution is -2.30. The highest BCUT2D eigenvalue weighted by Crippen LogP contribution is 2.27. The van der Waals surface area contributed by atoms with Crippen LogP contribution in [-0.4, -0.2) is 17.1 Å². The second-order valence-corrected chi connectivity index (χ2v) is 5.88. The molecule has 2 aromatic rings. The van der Waals surface area contributed by atoms with Gasteiger partial charge in [0.1, 0.15) is 0 Å². The molecule has 1 aliphatic rings. The van der Waals surface area contributed by atoms with Crippen molar-refractivity contribution in [3.63, 3.8) is 0 Å². The van der Waals surface area contributed by atoms with Gasteiger partial charge in [0.15, 0.2) is 6.23 Å². The first-order valence-electron chi connectivity index (χ1n) is 7.91. The highest BCUT2D eigenvalue weighted by molar-refractivity contribution is 5.66. The van der Waals surface area contributed by atoms with Crippen LogP contribution in [0.15, 0.2) is 72.4 Å². The average molecular weight is 307 g/mol. The number of hydrogen-bond acceptors (Lipinski definition) is 3. The molecule has 0 saturated heterocycles. The van der Waals surface area contributed by atoms with Crippen LogP contribution in [0.5, 0.6) is 0 Å². The Morgan fingerprint density at radius 2 is 1.65 bits per heavy atom. The van der Waals surface area contributed by atoms with E-state index in [1.165, 1.54) is 23.6 Å². The van der Waals surface area contributed by atoms with Crippen molar-refractivity contribution in [2.75, 3.05) is 0 Å². The van der Waals surface area contributed by atoms with Crippen molar-refractivity contribution in [1.29, 1.82) is 0 Å². The van der Waals surface area contributed by atoms with Crippen molar-refractivity contribution in [1.82, 2.24) is 4.90 Å². The van der Waals surface area contributed by atoms with E-state index in [1.54, 1.807) is 0 Å². The molecule has 23 heavy (non-hydrogen) atoms. The SMILES string of the molecule is CC(=O)OC1CC(Cc2ccccc2)=CN1Cc1ccccc1. The smallest absolute Gasteiger partial charge is 0.304 e. The second kappa shape index (κ2) is 7.14. The molecule has 0 bridgehead atoms. The van der Waals surface area contributed by atoms with Gasteiger partial charge >= 0.3 is 5.97 Å². The highest BCUT2D eigenvalue weighted by atomic mass is 16.6. The Morgan fingerprint density at radius 1 is 1.04 bits per heavy atom. The molecule has 3 rings (SSSR count). The zero-order chi connectivity index (χ0) is 16.1. The van der Waals surface area contributed by atoms with Gasteiger partial charge in [-0.2, -0.15) is 0 Å². The monoisotopic (exact) mass is 307 g/mol. The summed E-state index contributed by atoms with van der Waals surface area (Å²) in [5.74, 6) is -0.234. The summed E-state index contributed by atoms with van der Waals surface area (Å²) in [5.41, 5.74) is 3.78. The third-order valence-electron chi connectivity index (χ3n) is 3.94. The van der Waals surface area contributed by atoms with Gasteiger partial charge in [0, 0.05) is 26.1 Å². The fourth-order valence-electron chi connectivity index (χ4n) is 2.93. The van der Waals surface area contributed by atoms with Gasteiger partial charge in [-0.1, -0.05) is 60.7 Å². The molecular formula is C20H21NO2. The lowest BCUT2D eigenvalue weighted by molar-refractivity contribution is -0.153. The molecule has 1 heterocycles.